The van der Waals surface area contributed by atoms with Crippen LogP contribution in [0.1, 0.15) is 34.5 Å². The molecule has 1 aromatic heterocycles. The van der Waals surface area contributed by atoms with Crippen molar-refractivity contribution in [1.29, 1.82) is 0 Å². The van der Waals surface area contributed by atoms with Gasteiger partial charge in [-0.15, -0.1) is 0 Å². The molecule has 1 aromatic carbocycles. The molecule has 120 valence electrons. The van der Waals surface area contributed by atoms with Gasteiger partial charge >= 0.3 is 0 Å². The first-order valence-electron chi connectivity index (χ1n) is 7.69. The summed E-state index contributed by atoms with van der Waals surface area (Å²) in [4.78, 5) is 21.0. The van der Waals surface area contributed by atoms with Crippen molar-refractivity contribution in [3.05, 3.63) is 58.4 Å². The molecule has 23 heavy (non-hydrogen) atoms. The summed E-state index contributed by atoms with van der Waals surface area (Å²) in [5.41, 5.74) is 3.69. The van der Waals surface area contributed by atoms with Gasteiger partial charge in [-0.25, -0.2) is 0 Å². The summed E-state index contributed by atoms with van der Waals surface area (Å²) in [6.07, 6.45) is 4.41. The minimum Gasteiger partial charge on any atom is -0.306 e. The molecule has 4 nitrogen and oxygen atoms in total. The smallest absolute Gasteiger partial charge is 0.258 e. The van der Waals surface area contributed by atoms with E-state index in [2.05, 4.69) is 22.9 Å². The number of amides is 1. The Bertz CT molecular complexity index is 745. The van der Waals surface area contributed by atoms with Gasteiger partial charge in [-0.1, -0.05) is 11.6 Å². The van der Waals surface area contributed by atoms with Crippen LogP contribution in [0.3, 0.4) is 0 Å². The van der Waals surface area contributed by atoms with Crippen LogP contribution in [0.5, 0.6) is 0 Å². The number of hydrogen-bond acceptors (Lipinski definition) is 3. The molecular weight excluding hydrogens is 310 g/mol. The van der Waals surface area contributed by atoms with Gasteiger partial charge in [0, 0.05) is 29.4 Å². The Balaban J connectivity index is 1.93. The van der Waals surface area contributed by atoms with Crippen molar-refractivity contribution in [2.75, 3.05) is 25.5 Å². The number of rotatable bonds is 3. The Morgan fingerprint density at radius 1 is 1.26 bits per heavy atom. The Morgan fingerprint density at radius 3 is 2.78 bits per heavy atom. The molecule has 0 aliphatic carbocycles. The van der Waals surface area contributed by atoms with Crippen molar-refractivity contribution in [3.8, 4) is 0 Å². The van der Waals surface area contributed by atoms with Crippen LogP contribution in [0.25, 0.3) is 0 Å². The molecule has 0 bridgehead atoms. The quantitative estimate of drug-likeness (QED) is 0.864. The first-order chi connectivity index (χ1) is 11.0. The van der Waals surface area contributed by atoms with Gasteiger partial charge in [0.15, 0.2) is 0 Å². The van der Waals surface area contributed by atoms with E-state index >= 15 is 0 Å². The zero-order valence-corrected chi connectivity index (χ0v) is 14.3. The second-order valence-corrected chi connectivity index (χ2v) is 6.56. The predicted molar refractivity (Wildman–Crippen MR) is 93.2 cm³/mol. The fourth-order valence-electron chi connectivity index (χ4n) is 2.82. The van der Waals surface area contributed by atoms with Gasteiger partial charge in [0.2, 0.25) is 0 Å². The molecule has 1 aliphatic rings. The number of halogens is 1. The SMILES string of the molecule is CC(c1cncc(N2CCc3cc(Cl)ccc3C2=O)c1)N(C)C. The third-order valence-corrected chi connectivity index (χ3v) is 4.70. The Labute approximate surface area is 141 Å². The van der Waals surface area contributed by atoms with Crippen LogP contribution < -0.4 is 4.90 Å². The number of carbonyl (C=O) groups is 1. The van der Waals surface area contributed by atoms with E-state index in [1.165, 1.54) is 0 Å². The zero-order chi connectivity index (χ0) is 16.6. The molecule has 1 amide bonds. The van der Waals surface area contributed by atoms with Gasteiger partial charge in [0.05, 0.1) is 11.9 Å². The third kappa shape index (κ3) is 3.09. The van der Waals surface area contributed by atoms with E-state index in [1.54, 1.807) is 17.2 Å². The predicted octanol–water partition coefficient (Wildman–Crippen LogP) is 3.56. The number of aromatic nitrogens is 1. The number of fused-ring (bicyclic) bond motifs is 1. The highest BCUT2D eigenvalue weighted by Gasteiger charge is 2.26. The third-order valence-electron chi connectivity index (χ3n) is 4.46. The van der Waals surface area contributed by atoms with Crippen LogP contribution in [-0.4, -0.2) is 36.4 Å². The van der Waals surface area contributed by atoms with E-state index in [4.69, 9.17) is 11.6 Å². The average molecular weight is 330 g/mol. The highest BCUT2D eigenvalue weighted by molar-refractivity contribution is 6.30. The van der Waals surface area contributed by atoms with Gasteiger partial charge in [0.25, 0.3) is 5.91 Å². The van der Waals surface area contributed by atoms with Crippen molar-refractivity contribution in [2.24, 2.45) is 0 Å². The second-order valence-electron chi connectivity index (χ2n) is 6.12. The lowest BCUT2D eigenvalue weighted by atomic mass is 9.98. The van der Waals surface area contributed by atoms with Crippen LogP contribution in [0.15, 0.2) is 36.7 Å². The maximum absolute atomic E-state index is 12.8. The van der Waals surface area contributed by atoms with Crippen LogP contribution in [0.4, 0.5) is 5.69 Å². The lowest BCUT2D eigenvalue weighted by molar-refractivity contribution is 0.0980. The zero-order valence-electron chi connectivity index (χ0n) is 13.6. The van der Waals surface area contributed by atoms with E-state index in [-0.39, 0.29) is 11.9 Å². The first kappa shape index (κ1) is 16.0. The van der Waals surface area contributed by atoms with Gasteiger partial charge in [0.1, 0.15) is 0 Å². The van der Waals surface area contributed by atoms with E-state index in [9.17, 15) is 4.79 Å². The minimum absolute atomic E-state index is 0.0133. The molecule has 3 rings (SSSR count). The highest BCUT2D eigenvalue weighted by Crippen LogP contribution is 2.28. The van der Waals surface area contributed by atoms with E-state index in [1.807, 2.05) is 32.4 Å². The summed E-state index contributed by atoms with van der Waals surface area (Å²) in [5.74, 6) is 0.0133. The van der Waals surface area contributed by atoms with Crippen LogP contribution in [-0.2, 0) is 6.42 Å². The molecule has 1 atom stereocenters. The molecule has 0 saturated heterocycles. The molecule has 2 aromatic rings. The summed E-state index contributed by atoms with van der Waals surface area (Å²) >= 11 is 6.02. The minimum atomic E-state index is 0.0133. The molecule has 2 heterocycles. The molecular formula is C18H20ClN3O. The summed E-state index contributed by atoms with van der Waals surface area (Å²) in [5, 5.41) is 0.675. The monoisotopic (exact) mass is 329 g/mol. The van der Waals surface area contributed by atoms with Crippen molar-refractivity contribution in [2.45, 2.75) is 19.4 Å². The molecule has 0 radical (unpaired) electrons. The van der Waals surface area contributed by atoms with Gasteiger partial charge in [-0.2, -0.15) is 0 Å². The summed E-state index contributed by atoms with van der Waals surface area (Å²) in [6, 6.07) is 7.76. The first-order valence-corrected chi connectivity index (χ1v) is 8.07. The summed E-state index contributed by atoms with van der Waals surface area (Å²) < 4.78 is 0. The Hall–Kier alpha value is -1.91. The second kappa shape index (κ2) is 6.30. The molecule has 0 saturated carbocycles. The maximum Gasteiger partial charge on any atom is 0.258 e. The normalized spacial score (nSPS) is 15.7. The van der Waals surface area contributed by atoms with Crippen molar-refractivity contribution >= 4 is 23.2 Å². The van der Waals surface area contributed by atoms with Gasteiger partial charge < -0.3 is 9.80 Å². The molecule has 0 fully saturated rings. The molecule has 1 unspecified atom stereocenters. The molecule has 5 heteroatoms. The van der Waals surface area contributed by atoms with Crippen molar-refractivity contribution in [1.82, 2.24) is 9.88 Å². The van der Waals surface area contributed by atoms with Gasteiger partial charge in [-0.05, 0) is 62.8 Å². The number of anilines is 1. The van der Waals surface area contributed by atoms with E-state index in [0.29, 0.717) is 11.6 Å². The number of carbonyl (C=O) groups excluding carboxylic acids is 1. The standard InChI is InChI=1S/C18H20ClN3O/c1-12(21(2)3)14-9-16(11-20-10-14)22-7-6-13-8-15(19)4-5-17(13)18(22)23/h4-5,8-12H,6-7H2,1-3H3. The lowest BCUT2D eigenvalue weighted by Crippen LogP contribution is -2.37. The number of benzene rings is 1. The van der Waals surface area contributed by atoms with E-state index in [0.717, 1.165) is 28.8 Å². The fraction of sp³-hybridized carbons (Fsp3) is 0.333. The molecule has 0 N–H and O–H groups in total. The average Bonchev–Trinajstić information content (AvgIpc) is 2.54. The van der Waals surface area contributed by atoms with Crippen LogP contribution >= 0.6 is 11.6 Å². The van der Waals surface area contributed by atoms with E-state index < -0.39 is 0 Å². The van der Waals surface area contributed by atoms with Crippen molar-refractivity contribution in [3.63, 3.8) is 0 Å². The van der Waals surface area contributed by atoms with Crippen LogP contribution in [0.2, 0.25) is 5.02 Å². The largest absolute Gasteiger partial charge is 0.306 e. The molecule has 1 aliphatic heterocycles. The number of pyridine rings is 1. The summed E-state index contributed by atoms with van der Waals surface area (Å²) in [7, 11) is 4.06. The Morgan fingerprint density at radius 2 is 2.04 bits per heavy atom. The van der Waals surface area contributed by atoms with Gasteiger partial charge in [-0.3, -0.25) is 9.78 Å². The summed E-state index contributed by atoms with van der Waals surface area (Å²) in [6.45, 7) is 2.77. The maximum atomic E-state index is 12.8. The highest BCUT2D eigenvalue weighted by atomic mass is 35.5. The number of hydrogen-bond donors (Lipinski definition) is 0. The lowest BCUT2D eigenvalue weighted by Gasteiger charge is -2.29. The van der Waals surface area contributed by atoms with Crippen molar-refractivity contribution < 1.29 is 4.79 Å². The van der Waals surface area contributed by atoms with Crippen LogP contribution in [0, 0.1) is 0 Å². The number of nitrogens with zero attached hydrogens (tertiary/aromatic N) is 3. The topological polar surface area (TPSA) is 36.4 Å². The fourth-order valence-corrected chi connectivity index (χ4v) is 3.02. The Kier molecular flexibility index (Phi) is 4.37. The molecule has 0 spiro atoms.